The lowest BCUT2D eigenvalue weighted by Gasteiger charge is -2.08. The lowest BCUT2D eigenvalue weighted by Crippen LogP contribution is -2.18. The van der Waals surface area contributed by atoms with Crippen LogP contribution in [0.4, 0.5) is 0 Å². The van der Waals surface area contributed by atoms with E-state index in [1.54, 1.807) is 45.2 Å². The van der Waals surface area contributed by atoms with E-state index < -0.39 is 5.97 Å². The molecule has 0 aliphatic heterocycles. The highest BCUT2D eigenvalue weighted by atomic mass is 16.5. The van der Waals surface area contributed by atoms with Crippen LogP contribution in [0.3, 0.4) is 0 Å². The number of H-pyrrole nitrogens is 1. The van der Waals surface area contributed by atoms with E-state index in [2.05, 4.69) is 10.2 Å². The van der Waals surface area contributed by atoms with Crippen LogP contribution in [0.1, 0.15) is 24.3 Å². The average Bonchev–Trinajstić information content (AvgIpc) is 2.47. The van der Waals surface area contributed by atoms with Crippen molar-refractivity contribution >= 4 is 5.97 Å². The summed E-state index contributed by atoms with van der Waals surface area (Å²) in [5.41, 5.74) is 0.705. The van der Waals surface area contributed by atoms with Crippen LogP contribution in [-0.2, 0) is 4.74 Å². The molecule has 1 aromatic heterocycles. The van der Waals surface area contributed by atoms with Crippen LogP contribution in [0.25, 0.3) is 11.1 Å². The number of nitrogens with one attached hydrogen (secondary N) is 1. The number of nitrogens with zero attached hydrogens (tertiary/aromatic N) is 1. The second kappa shape index (κ2) is 6.21. The van der Waals surface area contributed by atoms with Gasteiger partial charge in [0.1, 0.15) is 5.75 Å². The molecular weight excluding hydrogens is 272 g/mol. The fourth-order valence-electron chi connectivity index (χ4n) is 1.77. The van der Waals surface area contributed by atoms with E-state index in [1.807, 2.05) is 0 Å². The highest BCUT2D eigenvalue weighted by Gasteiger charge is 2.14. The SMILES string of the molecule is COc1ccc(-c2cc(C(=O)OC(C)C)n[nH]c2=O)cc1. The van der Waals surface area contributed by atoms with Crippen LogP contribution < -0.4 is 10.3 Å². The van der Waals surface area contributed by atoms with Gasteiger partial charge in [0, 0.05) is 0 Å². The molecule has 0 unspecified atom stereocenters. The summed E-state index contributed by atoms with van der Waals surface area (Å²) in [5.74, 6) is 0.111. The number of carbonyl (C=O) groups is 1. The third kappa shape index (κ3) is 3.47. The van der Waals surface area contributed by atoms with Gasteiger partial charge in [0.2, 0.25) is 0 Å². The quantitative estimate of drug-likeness (QED) is 0.870. The van der Waals surface area contributed by atoms with Crippen LogP contribution in [0.2, 0.25) is 0 Å². The zero-order chi connectivity index (χ0) is 15.4. The number of carbonyl (C=O) groups excluding carboxylic acids is 1. The van der Waals surface area contributed by atoms with Crippen molar-refractivity contribution < 1.29 is 14.3 Å². The number of aromatic amines is 1. The molecule has 6 nitrogen and oxygen atoms in total. The summed E-state index contributed by atoms with van der Waals surface area (Å²) in [4.78, 5) is 23.7. The van der Waals surface area contributed by atoms with Crippen LogP contribution in [-0.4, -0.2) is 29.4 Å². The molecule has 0 atom stereocenters. The van der Waals surface area contributed by atoms with Gasteiger partial charge in [0.25, 0.3) is 5.56 Å². The number of esters is 1. The molecular formula is C15H16N2O4. The first-order chi connectivity index (χ1) is 10.0. The van der Waals surface area contributed by atoms with E-state index in [1.165, 1.54) is 6.07 Å². The number of rotatable bonds is 4. The number of hydrogen-bond donors (Lipinski definition) is 1. The van der Waals surface area contributed by atoms with Crippen molar-refractivity contribution in [1.29, 1.82) is 0 Å². The number of benzene rings is 1. The Balaban J connectivity index is 2.38. The van der Waals surface area contributed by atoms with Gasteiger partial charge in [0.05, 0.1) is 18.8 Å². The second-order valence-electron chi connectivity index (χ2n) is 4.68. The molecule has 1 aromatic carbocycles. The Morgan fingerprint density at radius 2 is 1.90 bits per heavy atom. The van der Waals surface area contributed by atoms with Gasteiger partial charge in [-0.1, -0.05) is 12.1 Å². The smallest absolute Gasteiger partial charge is 0.359 e. The Hall–Kier alpha value is -2.63. The van der Waals surface area contributed by atoms with Gasteiger partial charge in [-0.2, -0.15) is 5.10 Å². The minimum absolute atomic E-state index is 0.0640. The average molecular weight is 288 g/mol. The molecule has 2 aromatic rings. The molecule has 1 N–H and O–H groups in total. The van der Waals surface area contributed by atoms with Crippen molar-refractivity contribution in [1.82, 2.24) is 10.2 Å². The minimum atomic E-state index is -0.573. The lowest BCUT2D eigenvalue weighted by molar-refractivity contribution is 0.0369. The van der Waals surface area contributed by atoms with Crippen molar-refractivity contribution in [2.45, 2.75) is 20.0 Å². The van der Waals surface area contributed by atoms with Gasteiger partial charge < -0.3 is 9.47 Å². The maximum atomic E-state index is 11.9. The third-order valence-electron chi connectivity index (χ3n) is 2.76. The van der Waals surface area contributed by atoms with Crippen LogP contribution in [0, 0.1) is 0 Å². The summed E-state index contributed by atoms with van der Waals surface area (Å²) in [7, 11) is 1.56. The van der Waals surface area contributed by atoms with Crippen molar-refractivity contribution in [3.8, 4) is 16.9 Å². The largest absolute Gasteiger partial charge is 0.497 e. The molecule has 0 saturated heterocycles. The Labute approximate surface area is 121 Å². The maximum absolute atomic E-state index is 11.9. The van der Waals surface area contributed by atoms with E-state index >= 15 is 0 Å². The predicted octanol–water partition coefficient (Wildman–Crippen LogP) is 2.01. The molecule has 1 heterocycles. The minimum Gasteiger partial charge on any atom is -0.497 e. The summed E-state index contributed by atoms with van der Waals surface area (Å²) in [5, 5.41) is 6.03. The molecule has 0 aliphatic carbocycles. The first-order valence-corrected chi connectivity index (χ1v) is 6.46. The molecule has 0 amide bonds. The molecule has 0 spiro atoms. The van der Waals surface area contributed by atoms with Gasteiger partial charge in [0.15, 0.2) is 5.69 Å². The molecule has 0 fully saturated rings. The van der Waals surface area contributed by atoms with Crippen molar-refractivity contribution in [2.24, 2.45) is 0 Å². The fourth-order valence-corrected chi connectivity index (χ4v) is 1.77. The summed E-state index contributed by atoms with van der Waals surface area (Å²) >= 11 is 0. The lowest BCUT2D eigenvalue weighted by atomic mass is 10.1. The second-order valence-corrected chi connectivity index (χ2v) is 4.68. The number of ether oxygens (including phenoxy) is 2. The number of hydrogen-bond acceptors (Lipinski definition) is 5. The standard InChI is InChI=1S/C15H16N2O4/c1-9(2)21-15(19)13-8-12(14(18)17-16-13)10-4-6-11(20-3)7-5-10/h4-9H,1-3H3,(H,17,18). The van der Waals surface area contributed by atoms with Gasteiger partial charge in [-0.25, -0.2) is 9.89 Å². The Morgan fingerprint density at radius 3 is 2.48 bits per heavy atom. The molecule has 0 bridgehead atoms. The van der Waals surface area contributed by atoms with E-state index in [0.717, 1.165) is 0 Å². The van der Waals surface area contributed by atoms with Gasteiger partial charge >= 0.3 is 5.97 Å². The Bertz CT molecular complexity index is 690. The highest BCUT2D eigenvalue weighted by Crippen LogP contribution is 2.19. The molecule has 110 valence electrons. The number of methoxy groups -OCH3 is 1. The van der Waals surface area contributed by atoms with E-state index in [0.29, 0.717) is 16.9 Å². The Kier molecular flexibility index (Phi) is 4.37. The molecule has 0 saturated carbocycles. The van der Waals surface area contributed by atoms with Gasteiger partial charge in [-0.3, -0.25) is 4.79 Å². The van der Waals surface area contributed by atoms with E-state index in [4.69, 9.17) is 9.47 Å². The molecule has 0 aliphatic rings. The van der Waals surface area contributed by atoms with Gasteiger partial charge in [-0.15, -0.1) is 0 Å². The third-order valence-corrected chi connectivity index (χ3v) is 2.76. The summed E-state index contributed by atoms with van der Waals surface area (Å²) in [6.07, 6.45) is -0.254. The summed E-state index contributed by atoms with van der Waals surface area (Å²) < 4.78 is 10.1. The molecule has 21 heavy (non-hydrogen) atoms. The van der Waals surface area contributed by atoms with Crippen molar-refractivity contribution in [3.05, 3.63) is 46.4 Å². The summed E-state index contributed by atoms with van der Waals surface area (Å²) in [6.45, 7) is 3.49. The maximum Gasteiger partial charge on any atom is 0.359 e. The zero-order valence-electron chi connectivity index (χ0n) is 12.0. The van der Waals surface area contributed by atoms with Crippen LogP contribution in [0.15, 0.2) is 35.1 Å². The zero-order valence-corrected chi connectivity index (χ0v) is 12.0. The van der Waals surface area contributed by atoms with E-state index in [9.17, 15) is 9.59 Å². The highest BCUT2D eigenvalue weighted by molar-refractivity contribution is 5.88. The summed E-state index contributed by atoms with van der Waals surface area (Å²) in [6, 6.07) is 8.37. The topological polar surface area (TPSA) is 81.3 Å². The van der Waals surface area contributed by atoms with Crippen LogP contribution in [0.5, 0.6) is 5.75 Å². The van der Waals surface area contributed by atoms with Crippen molar-refractivity contribution in [3.63, 3.8) is 0 Å². The molecule has 2 rings (SSSR count). The van der Waals surface area contributed by atoms with Gasteiger partial charge in [-0.05, 0) is 37.6 Å². The first-order valence-electron chi connectivity index (χ1n) is 6.46. The molecule has 0 radical (unpaired) electrons. The van der Waals surface area contributed by atoms with Crippen LogP contribution >= 0.6 is 0 Å². The van der Waals surface area contributed by atoms with E-state index in [-0.39, 0.29) is 17.4 Å². The monoisotopic (exact) mass is 288 g/mol. The fraction of sp³-hybridized carbons (Fsp3) is 0.267. The molecule has 6 heteroatoms. The normalized spacial score (nSPS) is 10.5. The first kappa shape index (κ1) is 14.8. The predicted molar refractivity (Wildman–Crippen MR) is 77.4 cm³/mol. The van der Waals surface area contributed by atoms with Crippen molar-refractivity contribution in [2.75, 3.05) is 7.11 Å². The number of aromatic nitrogens is 2. The Morgan fingerprint density at radius 1 is 1.24 bits per heavy atom.